The van der Waals surface area contributed by atoms with E-state index in [0.717, 1.165) is 5.79 Å². The van der Waals surface area contributed by atoms with Gasteiger partial charge in [-0.25, -0.2) is 0 Å². The van der Waals surface area contributed by atoms with Crippen LogP contribution in [0.2, 0.25) is 12.1 Å². The van der Waals surface area contributed by atoms with Crippen molar-refractivity contribution in [3.63, 3.8) is 0 Å². The van der Waals surface area contributed by atoms with Crippen molar-refractivity contribution in [3.8, 4) is 0 Å². The van der Waals surface area contributed by atoms with Crippen molar-refractivity contribution in [2.75, 3.05) is 66.5 Å². The number of allylic oxidation sites excluding steroid dienone is 1. The first-order valence-corrected chi connectivity index (χ1v) is 13.7. The van der Waals surface area contributed by atoms with Crippen molar-refractivity contribution in [2.24, 2.45) is 0 Å². The average molecular weight is 369 g/mol. The summed E-state index contributed by atoms with van der Waals surface area (Å²) >= 11 is 0. The van der Waals surface area contributed by atoms with Gasteiger partial charge in [-0.05, 0) is 27.9 Å². The van der Waals surface area contributed by atoms with E-state index < -0.39 is 0 Å². The lowest BCUT2D eigenvalue weighted by Crippen LogP contribution is -2.61. The summed E-state index contributed by atoms with van der Waals surface area (Å²) in [5.74, 6) is 0.831. The molecule has 0 aliphatic carbocycles. The Kier molecular flexibility index (Phi) is 9.22. The molecular formula is C18H40N4Si2. The number of rotatable bonds is 8. The predicted octanol–water partition coefficient (Wildman–Crippen LogP) is 0.253. The van der Waals surface area contributed by atoms with Crippen LogP contribution in [0.5, 0.6) is 0 Å². The Morgan fingerprint density at radius 3 is 1.79 bits per heavy atom. The van der Waals surface area contributed by atoms with Crippen LogP contribution in [-0.4, -0.2) is 111 Å². The first-order valence-electron chi connectivity index (χ1n) is 10.0. The third-order valence-corrected chi connectivity index (χ3v) is 10.1. The van der Waals surface area contributed by atoms with Crippen LogP contribution in [0.4, 0.5) is 0 Å². The maximum Gasteiger partial charge on any atom is 0.0591 e. The van der Waals surface area contributed by atoms with Crippen molar-refractivity contribution in [1.82, 2.24) is 19.6 Å². The second-order valence-electron chi connectivity index (χ2n) is 8.08. The minimum Gasteiger partial charge on any atom is -0.304 e. The second kappa shape index (κ2) is 10.9. The molecule has 0 radical (unpaired) electrons. The molecule has 4 nitrogen and oxygen atoms in total. The van der Waals surface area contributed by atoms with Crippen molar-refractivity contribution >= 4 is 19.0 Å². The Balaban J connectivity index is 1.80. The average Bonchev–Trinajstić information content (AvgIpc) is 2.56. The molecule has 2 heterocycles. The quantitative estimate of drug-likeness (QED) is 0.450. The topological polar surface area (TPSA) is 13.0 Å². The first-order chi connectivity index (χ1) is 11.6. The maximum absolute atomic E-state index is 2.84. The van der Waals surface area contributed by atoms with E-state index in [2.05, 4.69) is 53.2 Å². The Hall–Kier alpha value is 0.0138. The smallest absolute Gasteiger partial charge is 0.0591 e. The normalized spacial score (nSPS) is 23.2. The molecule has 0 bridgehead atoms. The summed E-state index contributed by atoms with van der Waals surface area (Å²) in [6, 6.07) is 3.07. The summed E-state index contributed by atoms with van der Waals surface area (Å²) in [6.45, 7) is 14.7. The van der Waals surface area contributed by atoms with Gasteiger partial charge in [0, 0.05) is 67.7 Å². The third-order valence-electron chi connectivity index (χ3n) is 5.64. The molecule has 2 saturated heterocycles. The van der Waals surface area contributed by atoms with Gasteiger partial charge in [-0.1, -0.05) is 24.1 Å². The highest BCUT2D eigenvalue weighted by atomic mass is 28.2. The van der Waals surface area contributed by atoms with Gasteiger partial charge < -0.3 is 9.80 Å². The van der Waals surface area contributed by atoms with Crippen LogP contribution >= 0.6 is 0 Å². The summed E-state index contributed by atoms with van der Waals surface area (Å²) in [4.78, 5) is 10.7. The van der Waals surface area contributed by atoms with Crippen molar-refractivity contribution in [1.29, 1.82) is 0 Å². The first kappa shape index (κ1) is 20.3. The molecule has 0 aromatic heterocycles. The fourth-order valence-electron chi connectivity index (χ4n) is 3.87. The van der Waals surface area contributed by atoms with E-state index in [1.54, 1.807) is 6.04 Å². The molecule has 0 aromatic rings. The Labute approximate surface area is 154 Å². The van der Waals surface area contributed by atoms with Crippen molar-refractivity contribution < 1.29 is 0 Å². The van der Waals surface area contributed by atoms with Crippen LogP contribution < -0.4 is 0 Å². The molecule has 0 spiro atoms. The number of nitrogens with zero attached hydrogens (tertiary/aromatic N) is 4. The highest BCUT2D eigenvalue weighted by molar-refractivity contribution is 6.42. The molecule has 2 aliphatic heterocycles. The maximum atomic E-state index is 2.84. The SMILES string of the molecule is CC(C)=C[SiH2]CCC[SiH2]C(N1CCN(C)CC1)N1CCN(C)CC1. The fraction of sp³-hybridized carbons (Fsp3) is 0.889. The van der Waals surface area contributed by atoms with Crippen LogP contribution in [0.25, 0.3) is 0 Å². The number of piperazine rings is 2. The second-order valence-corrected chi connectivity index (χ2v) is 11.8. The van der Waals surface area contributed by atoms with E-state index in [-0.39, 0.29) is 19.0 Å². The monoisotopic (exact) mass is 368 g/mol. The summed E-state index contributed by atoms with van der Waals surface area (Å²) in [6.07, 6.45) is 1.50. The molecule has 140 valence electrons. The molecule has 6 heteroatoms. The van der Waals surface area contributed by atoms with E-state index in [1.807, 2.05) is 0 Å². The Morgan fingerprint density at radius 1 is 0.833 bits per heavy atom. The van der Waals surface area contributed by atoms with Gasteiger partial charge in [0.2, 0.25) is 0 Å². The summed E-state index contributed by atoms with van der Waals surface area (Å²) < 4.78 is 0. The molecule has 0 unspecified atom stereocenters. The van der Waals surface area contributed by atoms with Crippen LogP contribution in [-0.2, 0) is 0 Å². The summed E-state index contributed by atoms with van der Waals surface area (Å²) in [5, 5.41) is 0. The minimum absolute atomic E-state index is 0.0292. The Morgan fingerprint density at radius 2 is 1.33 bits per heavy atom. The van der Waals surface area contributed by atoms with Gasteiger partial charge in [0.15, 0.2) is 0 Å². The lowest BCUT2D eigenvalue weighted by molar-refractivity contribution is 0.0311. The van der Waals surface area contributed by atoms with E-state index in [0.29, 0.717) is 0 Å². The summed E-state index contributed by atoms with van der Waals surface area (Å²) in [5.41, 5.74) is 4.08. The molecule has 2 rings (SSSR count). The molecular weight excluding hydrogens is 328 g/mol. The van der Waals surface area contributed by atoms with Gasteiger partial charge in [0.05, 0.1) is 9.52 Å². The van der Waals surface area contributed by atoms with Crippen molar-refractivity contribution in [2.45, 2.75) is 38.1 Å². The van der Waals surface area contributed by atoms with E-state index in [9.17, 15) is 0 Å². The largest absolute Gasteiger partial charge is 0.304 e. The molecule has 0 aromatic carbocycles. The predicted molar refractivity (Wildman–Crippen MR) is 113 cm³/mol. The van der Waals surface area contributed by atoms with E-state index in [1.165, 1.54) is 70.4 Å². The lowest BCUT2D eigenvalue weighted by Gasteiger charge is -2.46. The van der Waals surface area contributed by atoms with Crippen molar-refractivity contribution in [3.05, 3.63) is 11.3 Å². The zero-order valence-corrected chi connectivity index (χ0v) is 19.5. The highest BCUT2D eigenvalue weighted by Gasteiger charge is 2.29. The molecule has 24 heavy (non-hydrogen) atoms. The van der Waals surface area contributed by atoms with Gasteiger partial charge in [0.1, 0.15) is 0 Å². The van der Waals surface area contributed by atoms with Gasteiger partial charge in [0.25, 0.3) is 0 Å². The molecule has 0 N–H and O–H groups in total. The van der Waals surface area contributed by atoms with Gasteiger partial charge in [-0.15, -0.1) is 5.70 Å². The number of hydrogen-bond donors (Lipinski definition) is 0. The minimum atomic E-state index is -0.0292. The standard InChI is InChI=1S/C18H40N4Si2/c1-17(2)16-23-14-5-15-24-18(21-10-6-19(3)7-11-21)22-12-8-20(4)9-13-22/h16,18H,5-15,23-24H2,1-4H3. The lowest BCUT2D eigenvalue weighted by atomic mass is 10.3. The Bertz CT molecular complexity index is 349. The van der Waals surface area contributed by atoms with Gasteiger partial charge >= 0.3 is 0 Å². The van der Waals surface area contributed by atoms with E-state index >= 15 is 0 Å². The van der Waals surface area contributed by atoms with Crippen LogP contribution in [0.15, 0.2) is 11.3 Å². The van der Waals surface area contributed by atoms with Gasteiger partial charge in [-0.3, -0.25) is 9.80 Å². The molecule has 2 aliphatic rings. The zero-order chi connectivity index (χ0) is 17.4. The number of hydrogen-bond acceptors (Lipinski definition) is 4. The van der Waals surface area contributed by atoms with E-state index in [4.69, 9.17) is 0 Å². The molecule has 0 amide bonds. The molecule has 2 fully saturated rings. The van der Waals surface area contributed by atoms with Crippen LogP contribution in [0, 0.1) is 0 Å². The van der Waals surface area contributed by atoms with Crippen LogP contribution in [0.3, 0.4) is 0 Å². The third kappa shape index (κ3) is 7.10. The summed E-state index contributed by atoms with van der Waals surface area (Å²) in [7, 11) is 4.59. The molecule has 0 atom stereocenters. The van der Waals surface area contributed by atoms with Gasteiger partial charge in [-0.2, -0.15) is 0 Å². The fourth-order valence-corrected chi connectivity index (χ4v) is 8.47. The van der Waals surface area contributed by atoms with Crippen LogP contribution in [0.1, 0.15) is 20.3 Å². The molecule has 0 saturated carbocycles. The number of likely N-dealkylation sites (N-methyl/N-ethyl adjacent to an activating group) is 2. The highest BCUT2D eigenvalue weighted by Crippen LogP contribution is 2.14. The zero-order valence-electron chi connectivity index (χ0n) is 16.6.